The van der Waals surface area contributed by atoms with Crippen molar-refractivity contribution in [1.82, 2.24) is 14.8 Å². The highest BCUT2D eigenvalue weighted by Crippen LogP contribution is 2.24. The number of nitrogens with zero attached hydrogens (tertiary/aromatic N) is 3. The molecule has 1 amide bonds. The van der Waals surface area contributed by atoms with E-state index < -0.39 is 0 Å². The fourth-order valence-electron chi connectivity index (χ4n) is 4.06. The molecule has 0 radical (unpaired) electrons. The zero-order valence-corrected chi connectivity index (χ0v) is 19.9. The molecule has 1 aliphatic rings. The van der Waals surface area contributed by atoms with Gasteiger partial charge in [0.25, 0.3) is 5.91 Å². The second-order valence-electron chi connectivity index (χ2n) is 8.36. The lowest BCUT2D eigenvalue weighted by Crippen LogP contribution is -2.48. The standard InChI is InChI=1S/C26H28BrN3O/c1-18-14-23(15-19(2)20(18)3)25-16-21(8-9-28-25)17-29-10-12-30(13-11-29)26(31)22-4-6-24(27)7-5-22/h4-9,14-16H,10-13,17H2,1-3H3. The van der Waals surface area contributed by atoms with Gasteiger partial charge in [-0.05, 0) is 91.6 Å². The van der Waals surface area contributed by atoms with Crippen LogP contribution < -0.4 is 0 Å². The first kappa shape index (κ1) is 21.7. The third-order valence-electron chi connectivity index (χ3n) is 6.20. The number of benzene rings is 2. The van der Waals surface area contributed by atoms with Gasteiger partial charge in [0, 0.05) is 54.5 Å². The minimum absolute atomic E-state index is 0.114. The van der Waals surface area contributed by atoms with E-state index in [0.717, 1.165) is 48.5 Å². The van der Waals surface area contributed by atoms with Crippen molar-refractivity contribution in [3.8, 4) is 11.3 Å². The van der Waals surface area contributed by atoms with Gasteiger partial charge in [0.1, 0.15) is 0 Å². The molecular formula is C26H28BrN3O. The number of rotatable bonds is 4. The van der Waals surface area contributed by atoms with Crippen LogP contribution in [0.2, 0.25) is 0 Å². The maximum Gasteiger partial charge on any atom is 0.253 e. The van der Waals surface area contributed by atoms with Gasteiger partial charge in [0.05, 0.1) is 5.69 Å². The van der Waals surface area contributed by atoms with Crippen LogP contribution in [0.15, 0.2) is 59.2 Å². The Balaban J connectivity index is 1.39. The van der Waals surface area contributed by atoms with E-state index in [1.165, 1.54) is 27.8 Å². The van der Waals surface area contributed by atoms with E-state index >= 15 is 0 Å². The summed E-state index contributed by atoms with van der Waals surface area (Å²) in [5.74, 6) is 0.114. The number of carbonyl (C=O) groups excluding carboxylic acids is 1. The van der Waals surface area contributed by atoms with Crippen molar-refractivity contribution >= 4 is 21.8 Å². The third-order valence-corrected chi connectivity index (χ3v) is 6.73. The molecule has 3 aromatic rings. The number of hydrogen-bond donors (Lipinski definition) is 0. The summed E-state index contributed by atoms with van der Waals surface area (Å²) in [5, 5.41) is 0. The molecule has 5 heteroatoms. The topological polar surface area (TPSA) is 36.4 Å². The summed E-state index contributed by atoms with van der Waals surface area (Å²) in [6, 6.07) is 16.3. The summed E-state index contributed by atoms with van der Waals surface area (Å²) in [7, 11) is 0. The Labute approximate surface area is 193 Å². The van der Waals surface area contributed by atoms with Gasteiger partial charge in [-0.2, -0.15) is 0 Å². The predicted molar refractivity (Wildman–Crippen MR) is 129 cm³/mol. The van der Waals surface area contributed by atoms with Crippen molar-refractivity contribution < 1.29 is 4.79 Å². The fraction of sp³-hybridized carbons (Fsp3) is 0.308. The van der Waals surface area contributed by atoms with Crippen LogP contribution in [0.5, 0.6) is 0 Å². The highest BCUT2D eigenvalue weighted by Gasteiger charge is 2.22. The van der Waals surface area contributed by atoms with Gasteiger partial charge < -0.3 is 4.90 Å². The van der Waals surface area contributed by atoms with Crippen molar-refractivity contribution in [2.75, 3.05) is 26.2 Å². The van der Waals surface area contributed by atoms with Crippen LogP contribution in [-0.2, 0) is 6.54 Å². The molecule has 4 nitrogen and oxygen atoms in total. The van der Waals surface area contributed by atoms with Crippen LogP contribution in [0, 0.1) is 20.8 Å². The maximum absolute atomic E-state index is 12.7. The van der Waals surface area contributed by atoms with E-state index in [0.29, 0.717) is 0 Å². The molecule has 0 aliphatic carbocycles. The van der Waals surface area contributed by atoms with Crippen LogP contribution in [0.25, 0.3) is 11.3 Å². The Kier molecular flexibility index (Phi) is 6.54. The number of aryl methyl sites for hydroxylation is 2. The smallest absolute Gasteiger partial charge is 0.253 e. The second-order valence-corrected chi connectivity index (χ2v) is 9.28. The Morgan fingerprint density at radius 2 is 1.58 bits per heavy atom. The molecule has 0 saturated carbocycles. The van der Waals surface area contributed by atoms with Crippen molar-refractivity contribution in [2.45, 2.75) is 27.3 Å². The second kappa shape index (κ2) is 9.33. The van der Waals surface area contributed by atoms with Crippen LogP contribution in [0.3, 0.4) is 0 Å². The number of aromatic nitrogens is 1. The Hall–Kier alpha value is -2.50. The summed E-state index contributed by atoms with van der Waals surface area (Å²) in [6.45, 7) is 10.6. The summed E-state index contributed by atoms with van der Waals surface area (Å²) >= 11 is 3.42. The molecule has 0 N–H and O–H groups in total. The number of halogens is 1. The molecule has 160 valence electrons. The molecule has 4 rings (SSSR count). The maximum atomic E-state index is 12.7. The van der Waals surface area contributed by atoms with Gasteiger partial charge in [-0.3, -0.25) is 14.7 Å². The van der Waals surface area contributed by atoms with Crippen molar-refractivity contribution in [3.05, 3.63) is 87.0 Å². The van der Waals surface area contributed by atoms with Crippen LogP contribution in [0.1, 0.15) is 32.6 Å². The molecule has 1 saturated heterocycles. The molecule has 1 aliphatic heterocycles. The number of hydrogen-bond acceptors (Lipinski definition) is 3. The normalized spacial score (nSPS) is 14.6. The molecule has 2 aromatic carbocycles. The SMILES string of the molecule is Cc1cc(-c2cc(CN3CCN(C(=O)c4ccc(Br)cc4)CC3)ccn2)cc(C)c1C. The number of piperazine rings is 1. The first-order valence-electron chi connectivity index (χ1n) is 10.7. The van der Waals surface area contributed by atoms with Gasteiger partial charge in [-0.15, -0.1) is 0 Å². The summed E-state index contributed by atoms with van der Waals surface area (Å²) in [5.41, 5.74) is 8.14. The average molecular weight is 478 g/mol. The van der Waals surface area contributed by atoms with Gasteiger partial charge in [-0.25, -0.2) is 0 Å². The number of carbonyl (C=O) groups is 1. The molecular weight excluding hydrogens is 450 g/mol. The van der Waals surface area contributed by atoms with E-state index in [1.54, 1.807) is 0 Å². The molecule has 0 unspecified atom stereocenters. The van der Waals surface area contributed by atoms with E-state index in [9.17, 15) is 4.79 Å². The quantitative estimate of drug-likeness (QED) is 0.504. The average Bonchev–Trinajstić information content (AvgIpc) is 2.78. The van der Waals surface area contributed by atoms with Gasteiger partial charge >= 0.3 is 0 Å². The monoisotopic (exact) mass is 477 g/mol. The van der Waals surface area contributed by atoms with E-state index in [4.69, 9.17) is 0 Å². The highest BCUT2D eigenvalue weighted by atomic mass is 79.9. The largest absolute Gasteiger partial charge is 0.336 e. The highest BCUT2D eigenvalue weighted by molar-refractivity contribution is 9.10. The summed E-state index contributed by atoms with van der Waals surface area (Å²) in [6.07, 6.45) is 1.91. The molecule has 0 spiro atoms. The summed E-state index contributed by atoms with van der Waals surface area (Å²) in [4.78, 5) is 21.7. The first-order valence-corrected chi connectivity index (χ1v) is 11.5. The Morgan fingerprint density at radius 3 is 2.23 bits per heavy atom. The fourth-order valence-corrected chi connectivity index (χ4v) is 4.32. The number of pyridine rings is 1. The van der Waals surface area contributed by atoms with Crippen LogP contribution in [-0.4, -0.2) is 46.9 Å². The Bertz CT molecular complexity index is 1060. The minimum Gasteiger partial charge on any atom is -0.336 e. The third kappa shape index (κ3) is 5.05. The molecule has 1 aromatic heterocycles. The van der Waals surface area contributed by atoms with Crippen LogP contribution >= 0.6 is 15.9 Å². The van der Waals surface area contributed by atoms with E-state index in [1.807, 2.05) is 35.4 Å². The first-order chi connectivity index (χ1) is 14.9. The minimum atomic E-state index is 0.114. The van der Waals surface area contributed by atoms with Crippen molar-refractivity contribution in [1.29, 1.82) is 0 Å². The zero-order chi connectivity index (χ0) is 22.0. The Morgan fingerprint density at radius 1 is 0.935 bits per heavy atom. The zero-order valence-electron chi connectivity index (χ0n) is 18.4. The number of amides is 1. The predicted octanol–water partition coefficient (Wildman–Crippen LogP) is 5.39. The summed E-state index contributed by atoms with van der Waals surface area (Å²) < 4.78 is 0.988. The molecule has 0 atom stereocenters. The van der Waals surface area contributed by atoms with Crippen LogP contribution in [0.4, 0.5) is 0 Å². The molecule has 1 fully saturated rings. The van der Waals surface area contributed by atoms with Crippen molar-refractivity contribution in [2.24, 2.45) is 0 Å². The lowest BCUT2D eigenvalue weighted by atomic mass is 9.98. The lowest BCUT2D eigenvalue weighted by Gasteiger charge is -2.34. The molecule has 0 bridgehead atoms. The van der Waals surface area contributed by atoms with Crippen molar-refractivity contribution in [3.63, 3.8) is 0 Å². The molecule has 2 heterocycles. The lowest BCUT2D eigenvalue weighted by molar-refractivity contribution is 0.0628. The molecule has 31 heavy (non-hydrogen) atoms. The van der Waals surface area contributed by atoms with Gasteiger partial charge in [-0.1, -0.05) is 15.9 Å². The van der Waals surface area contributed by atoms with E-state index in [2.05, 4.69) is 70.9 Å². The van der Waals surface area contributed by atoms with Gasteiger partial charge in [0.15, 0.2) is 0 Å². The van der Waals surface area contributed by atoms with E-state index in [-0.39, 0.29) is 5.91 Å². The van der Waals surface area contributed by atoms with Gasteiger partial charge in [0.2, 0.25) is 0 Å².